The fourth-order valence-electron chi connectivity index (χ4n) is 1.99. The molecule has 150 valence electrons. The van der Waals surface area contributed by atoms with E-state index in [1.165, 1.54) is 12.1 Å². The third-order valence-electron chi connectivity index (χ3n) is 3.22. The van der Waals surface area contributed by atoms with E-state index in [0.29, 0.717) is 0 Å². The van der Waals surface area contributed by atoms with Crippen molar-refractivity contribution in [1.82, 2.24) is 34.9 Å². The predicted octanol–water partition coefficient (Wildman–Crippen LogP) is -0.709. The lowest BCUT2D eigenvalue weighted by atomic mass is 10.3. The lowest BCUT2D eigenvalue weighted by Gasteiger charge is -2.06. The van der Waals surface area contributed by atoms with E-state index in [1.54, 1.807) is 0 Å². The summed E-state index contributed by atoms with van der Waals surface area (Å²) in [4.78, 5) is 37.9. The summed E-state index contributed by atoms with van der Waals surface area (Å²) in [6, 6.07) is 2.56. The zero-order chi connectivity index (χ0) is 21.4. The number of aromatic nitrogens is 7. The van der Waals surface area contributed by atoms with Crippen molar-refractivity contribution < 1.29 is 26.7 Å². The summed E-state index contributed by atoms with van der Waals surface area (Å²) in [5.41, 5.74) is -0.159. The Morgan fingerprint density at radius 3 is 1.52 bits per heavy atom. The molecule has 29 heavy (non-hydrogen) atoms. The molecular formula is C14H11N7O6S2. The Labute approximate surface area is 163 Å². The van der Waals surface area contributed by atoms with Crippen molar-refractivity contribution in [3.05, 3.63) is 30.4 Å². The van der Waals surface area contributed by atoms with Crippen LogP contribution in [0.25, 0.3) is 23.0 Å². The fourth-order valence-corrected chi connectivity index (χ4v) is 3.02. The number of sulfone groups is 2. The molecule has 3 aromatic rings. The molecule has 0 saturated carbocycles. The van der Waals surface area contributed by atoms with Crippen molar-refractivity contribution in [3.63, 3.8) is 0 Å². The van der Waals surface area contributed by atoms with Gasteiger partial charge in [-0.2, -0.15) is 0 Å². The summed E-state index contributed by atoms with van der Waals surface area (Å²) < 4.78 is 46.7. The molecular weight excluding hydrogens is 426 g/mol. The van der Waals surface area contributed by atoms with Crippen LogP contribution in [0.2, 0.25) is 0 Å². The Kier molecular flexibility index (Phi) is 5.02. The molecule has 0 atom stereocenters. The summed E-state index contributed by atoms with van der Waals surface area (Å²) in [7, 11) is -7.48. The predicted molar refractivity (Wildman–Crippen MR) is 95.1 cm³/mol. The Morgan fingerprint density at radius 2 is 1.17 bits per heavy atom. The largest absolute Gasteiger partial charge is 0.475 e. The number of hydrogen-bond acceptors (Lipinski definition) is 12. The van der Waals surface area contributed by atoms with Crippen molar-refractivity contribution in [2.45, 2.75) is 10.3 Å². The molecule has 1 N–H and O–H groups in total. The first-order chi connectivity index (χ1) is 13.4. The first kappa shape index (κ1) is 20.3. The second-order valence-electron chi connectivity index (χ2n) is 5.60. The number of rotatable bonds is 5. The van der Waals surface area contributed by atoms with Gasteiger partial charge in [0.1, 0.15) is 11.4 Å². The summed E-state index contributed by atoms with van der Waals surface area (Å²) in [5.74, 6) is -2.70. The number of carboxylic acid groups (broad SMARTS) is 1. The smallest absolute Gasteiger partial charge is 0.374 e. The average Bonchev–Trinajstić information content (AvgIpc) is 2.66. The van der Waals surface area contributed by atoms with Gasteiger partial charge in [0.15, 0.2) is 11.6 Å². The van der Waals surface area contributed by atoms with Gasteiger partial charge in [0, 0.05) is 24.9 Å². The van der Waals surface area contributed by atoms with Gasteiger partial charge < -0.3 is 5.11 Å². The average molecular weight is 437 g/mol. The molecule has 3 aromatic heterocycles. The van der Waals surface area contributed by atoms with Gasteiger partial charge in [-0.15, -0.1) is 0 Å². The van der Waals surface area contributed by atoms with Crippen molar-refractivity contribution in [3.8, 4) is 23.0 Å². The highest BCUT2D eigenvalue weighted by molar-refractivity contribution is 7.90. The Balaban J connectivity index is 2.22. The third kappa shape index (κ3) is 4.52. The van der Waals surface area contributed by atoms with Crippen LogP contribution >= 0.6 is 0 Å². The van der Waals surface area contributed by atoms with Crippen molar-refractivity contribution in [2.24, 2.45) is 0 Å². The molecule has 3 heterocycles. The van der Waals surface area contributed by atoms with Crippen LogP contribution < -0.4 is 0 Å². The molecule has 13 nitrogen and oxygen atoms in total. The molecule has 0 aliphatic heterocycles. The fraction of sp³-hybridized carbons (Fsp3) is 0.143. The van der Waals surface area contributed by atoms with Crippen LogP contribution in [-0.4, -0.2) is 75.3 Å². The van der Waals surface area contributed by atoms with Crippen molar-refractivity contribution >= 4 is 25.6 Å². The standard InChI is InChI=1S/C14H11N7O6S2/c1-28(24,25)13-15-5-3-7(17-13)9-19-10(21-11(20-9)12(22)23)8-4-6-16-14(18-8)29(2,26)27/h3-6H,1-2H3,(H,22,23). The summed E-state index contributed by atoms with van der Waals surface area (Å²) in [5, 5.41) is 8.28. The highest BCUT2D eigenvalue weighted by Crippen LogP contribution is 2.19. The number of carbonyl (C=O) groups is 1. The second kappa shape index (κ2) is 7.17. The minimum Gasteiger partial charge on any atom is -0.475 e. The normalized spacial score (nSPS) is 11.9. The van der Waals surface area contributed by atoms with Crippen molar-refractivity contribution in [1.29, 1.82) is 0 Å². The zero-order valence-electron chi connectivity index (χ0n) is 14.7. The summed E-state index contributed by atoms with van der Waals surface area (Å²) >= 11 is 0. The molecule has 0 bridgehead atoms. The van der Waals surface area contributed by atoms with Crippen molar-refractivity contribution in [2.75, 3.05) is 12.5 Å². The molecule has 0 amide bonds. The molecule has 0 unspecified atom stereocenters. The maximum Gasteiger partial charge on any atom is 0.374 e. The molecule has 0 radical (unpaired) electrons. The van der Waals surface area contributed by atoms with Crippen LogP contribution in [0.3, 0.4) is 0 Å². The highest BCUT2D eigenvalue weighted by Gasteiger charge is 2.20. The van der Waals surface area contributed by atoms with Crippen LogP contribution in [-0.2, 0) is 19.7 Å². The van der Waals surface area contributed by atoms with Crippen LogP contribution in [0.4, 0.5) is 0 Å². The molecule has 0 aromatic carbocycles. The quantitative estimate of drug-likeness (QED) is 0.492. The van der Waals surface area contributed by atoms with Crippen LogP contribution in [0, 0.1) is 0 Å². The van der Waals surface area contributed by atoms with Gasteiger partial charge in [0.2, 0.25) is 35.8 Å². The molecule has 0 saturated heterocycles. The van der Waals surface area contributed by atoms with E-state index in [-0.39, 0.29) is 23.0 Å². The summed E-state index contributed by atoms with van der Waals surface area (Å²) in [6.07, 6.45) is 4.10. The monoisotopic (exact) mass is 437 g/mol. The van der Waals surface area contributed by atoms with E-state index < -0.39 is 41.8 Å². The molecule has 0 aliphatic rings. The van der Waals surface area contributed by atoms with Crippen LogP contribution in [0.15, 0.2) is 34.8 Å². The van der Waals surface area contributed by atoms with Gasteiger partial charge in [-0.25, -0.2) is 56.5 Å². The maximum absolute atomic E-state index is 11.7. The number of carboxylic acids is 1. The number of aromatic carboxylic acids is 1. The van der Waals surface area contributed by atoms with E-state index in [9.17, 15) is 26.7 Å². The molecule has 3 rings (SSSR count). The minimum absolute atomic E-state index is 0.0797. The van der Waals surface area contributed by atoms with E-state index >= 15 is 0 Å². The molecule has 0 spiro atoms. The van der Waals surface area contributed by atoms with Crippen LogP contribution in [0.1, 0.15) is 10.6 Å². The zero-order valence-corrected chi connectivity index (χ0v) is 16.4. The summed E-state index contributed by atoms with van der Waals surface area (Å²) in [6.45, 7) is 0. The lowest BCUT2D eigenvalue weighted by molar-refractivity contribution is 0.0683. The molecule has 0 fully saturated rings. The Bertz CT molecular complexity index is 1250. The Hall–Kier alpha value is -3.46. The van der Waals surface area contributed by atoms with Gasteiger partial charge in [-0.05, 0) is 12.1 Å². The lowest BCUT2D eigenvalue weighted by Crippen LogP contribution is -2.11. The van der Waals surface area contributed by atoms with E-state index in [2.05, 4.69) is 34.9 Å². The number of nitrogens with zero attached hydrogens (tertiary/aromatic N) is 7. The number of hydrogen-bond donors (Lipinski definition) is 1. The van der Waals surface area contributed by atoms with E-state index in [1.807, 2.05) is 0 Å². The van der Waals surface area contributed by atoms with Gasteiger partial charge in [0.05, 0.1) is 0 Å². The van der Waals surface area contributed by atoms with Gasteiger partial charge in [0.25, 0.3) is 0 Å². The van der Waals surface area contributed by atoms with Gasteiger partial charge in [-0.3, -0.25) is 0 Å². The van der Waals surface area contributed by atoms with Gasteiger partial charge in [-0.1, -0.05) is 0 Å². The third-order valence-corrected chi connectivity index (χ3v) is 4.94. The van der Waals surface area contributed by atoms with E-state index in [4.69, 9.17) is 0 Å². The first-order valence-corrected chi connectivity index (χ1v) is 11.3. The second-order valence-corrected chi connectivity index (χ2v) is 9.42. The van der Waals surface area contributed by atoms with E-state index in [0.717, 1.165) is 24.9 Å². The SMILES string of the molecule is CS(=O)(=O)c1nccc(-c2nc(C(=O)O)nc(-c3ccnc(S(C)(=O)=O)n3)n2)n1. The molecule has 15 heteroatoms. The topological polar surface area (TPSA) is 196 Å². The van der Waals surface area contributed by atoms with Gasteiger partial charge >= 0.3 is 5.97 Å². The highest BCUT2D eigenvalue weighted by atomic mass is 32.2. The maximum atomic E-state index is 11.7. The first-order valence-electron chi connectivity index (χ1n) is 7.51. The molecule has 0 aliphatic carbocycles. The van der Waals surface area contributed by atoms with Crippen LogP contribution in [0.5, 0.6) is 0 Å². The minimum atomic E-state index is -3.74. The Morgan fingerprint density at radius 1 is 0.759 bits per heavy atom.